The molecule has 1 atom stereocenters. The molecule has 0 fully saturated rings. The van der Waals surface area contributed by atoms with E-state index in [1.165, 1.54) is 0 Å². The van der Waals surface area contributed by atoms with Gasteiger partial charge in [0.15, 0.2) is 0 Å². The van der Waals surface area contributed by atoms with Crippen molar-refractivity contribution in [1.29, 1.82) is 0 Å². The maximum atomic E-state index is 9.54. The van der Waals surface area contributed by atoms with Gasteiger partial charge in [-0.15, -0.1) is 0 Å². The lowest BCUT2D eigenvalue weighted by Gasteiger charge is -2.10. The number of aliphatic hydroxyl groups is 1. The molecule has 106 valence electrons. The summed E-state index contributed by atoms with van der Waals surface area (Å²) in [6.45, 7) is 4.61. The zero-order valence-corrected chi connectivity index (χ0v) is 11.7. The second kappa shape index (κ2) is 6.91. The van der Waals surface area contributed by atoms with Crippen LogP contribution in [-0.4, -0.2) is 16.7 Å². The molecule has 1 heterocycles. The Hall–Kier alpha value is -2.07. The van der Waals surface area contributed by atoms with Gasteiger partial charge in [0.05, 0.1) is 18.4 Å². The number of hydrogen-bond donors (Lipinski definition) is 1. The molecule has 0 bridgehead atoms. The van der Waals surface area contributed by atoms with Crippen LogP contribution in [0.25, 0.3) is 0 Å². The highest BCUT2D eigenvalue weighted by molar-refractivity contribution is 5.29. The molecular formula is C16H19NO3. The molecule has 0 amide bonds. The van der Waals surface area contributed by atoms with Crippen molar-refractivity contribution < 1.29 is 14.6 Å². The van der Waals surface area contributed by atoms with Crippen molar-refractivity contribution in [3.05, 3.63) is 53.7 Å². The fraction of sp³-hybridized carbons (Fsp3) is 0.312. The first-order valence-electron chi connectivity index (χ1n) is 6.68. The molecule has 0 spiro atoms. The SMILES string of the molecule is CCOc1cccc(COc2cccc([C@H](C)O)c2)n1. The topological polar surface area (TPSA) is 51.6 Å². The van der Waals surface area contributed by atoms with Gasteiger partial charge in [-0.25, -0.2) is 4.98 Å². The minimum absolute atomic E-state index is 0.365. The molecule has 2 aromatic rings. The van der Waals surface area contributed by atoms with Gasteiger partial charge in [0.25, 0.3) is 0 Å². The van der Waals surface area contributed by atoms with Crippen molar-refractivity contribution in [1.82, 2.24) is 4.98 Å². The lowest BCUT2D eigenvalue weighted by Crippen LogP contribution is -2.01. The Balaban J connectivity index is 2.01. The molecular weight excluding hydrogens is 254 g/mol. The summed E-state index contributed by atoms with van der Waals surface area (Å²) < 4.78 is 11.0. The van der Waals surface area contributed by atoms with Crippen LogP contribution in [0.3, 0.4) is 0 Å². The van der Waals surface area contributed by atoms with Crippen LogP contribution in [0.15, 0.2) is 42.5 Å². The summed E-state index contributed by atoms with van der Waals surface area (Å²) in [5.41, 5.74) is 1.64. The van der Waals surface area contributed by atoms with Gasteiger partial charge in [-0.2, -0.15) is 0 Å². The summed E-state index contributed by atoms with van der Waals surface area (Å²) in [7, 11) is 0. The molecule has 1 N–H and O–H groups in total. The van der Waals surface area contributed by atoms with Gasteiger partial charge in [-0.05, 0) is 37.6 Å². The largest absolute Gasteiger partial charge is 0.487 e. The van der Waals surface area contributed by atoms with Gasteiger partial charge in [-0.3, -0.25) is 0 Å². The second-order valence-electron chi connectivity index (χ2n) is 4.44. The number of benzene rings is 1. The maximum Gasteiger partial charge on any atom is 0.213 e. The van der Waals surface area contributed by atoms with Crippen LogP contribution in [0.2, 0.25) is 0 Å². The third-order valence-corrected chi connectivity index (χ3v) is 2.80. The van der Waals surface area contributed by atoms with Crippen LogP contribution >= 0.6 is 0 Å². The Labute approximate surface area is 119 Å². The normalized spacial score (nSPS) is 11.9. The third kappa shape index (κ3) is 3.96. The van der Waals surface area contributed by atoms with Crippen molar-refractivity contribution in [2.45, 2.75) is 26.6 Å². The van der Waals surface area contributed by atoms with Crippen molar-refractivity contribution in [2.24, 2.45) is 0 Å². The quantitative estimate of drug-likeness (QED) is 0.878. The Morgan fingerprint density at radius 2 is 1.95 bits per heavy atom. The molecule has 0 aliphatic heterocycles. The number of rotatable bonds is 6. The standard InChI is InChI=1S/C16H19NO3/c1-3-19-16-9-5-7-14(17-16)11-20-15-8-4-6-13(10-15)12(2)18/h4-10,12,18H,3,11H2,1-2H3/t12-/m0/s1. The second-order valence-corrected chi connectivity index (χ2v) is 4.44. The van der Waals surface area contributed by atoms with Crippen LogP contribution in [-0.2, 0) is 6.61 Å². The number of aromatic nitrogens is 1. The highest BCUT2D eigenvalue weighted by atomic mass is 16.5. The fourth-order valence-corrected chi connectivity index (χ4v) is 1.79. The van der Waals surface area contributed by atoms with Crippen molar-refractivity contribution in [3.63, 3.8) is 0 Å². The number of ether oxygens (including phenoxy) is 2. The number of hydrogen-bond acceptors (Lipinski definition) is 4. The van der Waals surface area contributed by atoms with E-state index in [0.29, 0.717) is 24.8 Å². The van der Waals surface area contributed by atoms with Gasteiger partial charge in [0, 0.05) is 6.07 Å². The van der Waals surface area contributed by atoms with Crippen LogP contribution < -0.4 is 9.47 Å². The predicted molar refractivity (Wildman–Crippen MR) is 76.8 cm³/mol. The molecule has 4 nitrogen and oxygen atoms in total. The number of pyridine rings is 1. The van der Waals surface area contributed by atoms with E-state index >= 15 is 0 Å². The van der Waals surface area contributed by atoms with E-state index in [1.807, 2.05) is 49.4 Å². The lowest BCUT2D eigenvalue weighted by atomic mass is 10.1. The molecule has 4 heteroatoms. The van der Waals surface area contributed by atoms with Gasteiger partial charge in [0.1, 0.15) is 12.4 Å². The van der Waals surface area contributed by atoms with Crippen LogP contribution in [0, 0.1) is 0 Å². The monoisotopic (exact) mass is 273 g/mol. The summed E-state index contributed by atoms with van der Waals surface area (Å²) >= 11 is 0. The predicted octanol–water partition coefficient (Wildman–Crippen LogP) is 3.11. The van der Waals surface area contributed by atoms with Crippen LogP contribution in [0.1, 0.15) is 31.2 Å². The first-order valence-corrected chi connectivity index (χ1v) is 6.68. The molecule has 0 aliphatic rings. The summed E-state index contributed by atoms with van der Waals surface area (Å²) in [5, 5.41) is 9.54. The fourth-order valence-electron chi connectivity index (χ4n) is 1.79. The van der Waals surface area contributed by atoms with Gasteiger partial charge in [-0.1, -0.05) is 18.2 Å². The Morgan fingerprint density at radius 1 is 1.15 bits per heavy atom. The Morgan fingerprint density at radius 3 is 2.70 bits per heavy atom. The van der Waals surface area contributed by atoms with E-state index in [4.69, 9.17) is 9.47 Å². The summed E-state index contributed by atoms with van der Waals surface area (Å²) in [4.78, 5) is 4.34. The molecule has 0 radical (unpaired) electrons. The molecule has 2 rings (SSSR count). The van der Waals surface area contributed by atoms with Crippen molar-refractivity contribution in [2.75, 3.05) is 6.61 Å². The molecule has 0 aliphatic carbocycles. The highest BCUT2D eigenvalue weighted by Crippen LogP contribution is 2.19. The summed E-state index contributed by atoms with van der Waals surface area (Å²) in [5.74, 6) is 1.32. The van der Waals surface area contributed by atoms with Crippen molar-refractivity contribution >= 4 is 0 Å². The molecule has 0 saturated carbocycles. The Kier molecular flexibility index (Phi) is 4.96. The third-order valence-electron chi connectivity index (χ3n) is 2.80. The van der Waals surface area contributed by atoms with E-state index < -0.39 is 6.10 Å². The first-order chi connectivity index (χ1) is 9.69. The molecule has 1 aromatic heterocycles. The van der Waals surface area contributed by atoms with E-state index in [1.54, 1.807) is 6.92 Å². The summed E-state index contributed by atoms with van der Waals surface area (Å²) in [6, 6.07) is 13.0. The minimum atomic E-state index is -0.502. The van der Waals surface area contributed by atoms with Crippen molar-refractivity contribution in [3.8, 4) is 11.6 Å². The van der Waals surface area contributed by atoms with E-state index in [0.717, 1.165) is 11.3 Å². The van der Waals surface area contributed by atoms with E-state index in [2.05, 4.69) is 4.98 Å². The van der Waals surface area contributed by atoms with Crippen LogP contribution in [0.5, 0.6) is 11.6 Å². The van der Waals surface area contributed by atoms with Crippen LogP contribution in [0.4, 0.5) is 0 Å². The van der Waals surface area contributed by atoms with E-state index in [9.17, 15) is 5.11 Å². The smallest absolute Gasteiger partial charge is 0.213 e. The number of nitrogens with zero attached hydrogens (tertiary/aromatic N) is 1. The molecule has 0 unspecified atom stereocenters. The lowest BCUT2D eigenvalue weighted by molar-refractivity contribution is 0.198. The zero-order chi connectivity index (χ0) is 14.4. The number of aliphatic hydroxyl groups excluding tert-OH is 1. The minimum Gasteiger partial charge on any atom is -0.487 e. The highest BCUT2D eigenvalue weighted by Gasteiger charge is 2.03. The average Bonchev–Trinajstić information content (AvgIpc) is 2.46. The first kappa shape index (κ1) is 14.3. The molecule has 0 saturated heterocycles. The van der Waals surface area contributed by atoms with E-state index in [-0.39, 0.29) is 0 Å². The van der Waals surface area contributed by atoms with Gasteiger partial charge in [0.2, 0.25) is 5.88 Å². The Bertz CT molecular complexity index is 555. The molecule has 1 aromatic carbocycles. The molecule has 20 heavy (non-hydrogen) atoms. The maximum absolute atomic E-state index is 9.54. The van der Waals surface area contributed by atoms with Gasteiger partial charge >= 0.3 is 0 Å². The zero-order valence-electron chi connectivity index (χ0n) is 11.7. The summed E-state index contributed by atoms with van der Waals surface area (Å²) in [6.07, 6.45) is -0.502. The van der Waals surface area contributed by atoms with Gasteiger partial charge < -0.3 is 14.6 Å². The average molecular weight is 273 g/mol.